The number of hydrogen-bond donors (Lipinski definition) is 1. The van der Waals surface area contributed by atoms with Gasteiger partial charge in [0.15, 0.2) is 0 Å². The molecule has 0 fully saturated rings. The van der Waals surface area contributed by atoms with Crippen molar-refractivity contribution in [1.29, 1.82) is 5.26 Å². The van der Waals surface area contributed by atoms with Gasteiger partial charge in [-0.1, -0.05) is 84.2 Å². The summed E-state index contributed by atoms with van der Waals surface area (Å²) in [4.78, 5) is 27.4. The molecule has 9 nitrogen and oxygen atoms in total. The number of carbonyl (C=O) groups is 1. The van der Waals surface area contributed by atoms with Crippen molar-refractivity contribution in [2.45, 2.75) is 5.03 Å². The predicted octanol–water partition coefficient (Wildman–Crippen LogP) is 4.51. The van der Waals surface area contributed by atoms with Gasteiger partial charge in [-0.05, 0) is 17.2 Å². The van der Waals surface area contributed by atoms with Gasteiger partial charge < -0.3 is 5.11 Å². The zero-order chi connectivity index (χ0) is 26.2. The van der Waals surface area contributed by atoms with Crippen LogP contribution in [0, 0.1) is 21.4 Å². The van der Waals surface area contributed by atoms with E-state index in [1.165, 1.54) is 0 Å². The van der Waals surface area contributed by atoms with Crippen LogP contribution in [0.4, 0.5) is 5.69 Å². The van der Waals surface area contributed by atoms with Crippen LogP contribution in [0.2, 0.25) is 0 Å². The third-order valence-electron chi connectivity index (χ3n) is 5.19. The number of rotatable bonds is 8. The van der Waals surface area contributed by atoms with Gasteiger partial charge in [-0.25, -0.2) is 10.4 Å². The zero-order valence-corrected chi connectivity index (χ0v) is 20.0. The number of carbonyl (C=O) groups excluding carboxylic acids is 1. The number of aromatic nitrogens is 1. The number of benzene rings is 3. The number of thioether (sulfide) groups is 1. The number of nitro benzene ring substituents is 1. The summed E-state index contributed by atoms with van der Waals surface area (Å²) < 4.78 is 0. The van der Waals surface area contributed by atoms with E-state index in [9.17, 15) is 25.3 Å². The van der Waals surface area contributed by atoms with Crippen molar-refractivity contribution in [3.63, 3.8) is 0 Å². The Balaban J connectivity index is 1.56. The molecule has 3 aromatic carbocycles. The Bertz CT molecular complexity index is 1520. The molecular formula is C27H18N5O4S-. The summed E-state index contributed by atoms with van der Waals surface area (Å²) in [5, 5.41) is 36.9. The fraction of sp³-hybridized carbons (Fsp3) is 0.0370. The molecule has 10 heteroatoms. The van der Waals surface area contributed by atoms with Crippen molar-refractivity contribution in [2.24, 2.45) is 5.10 Å². The molecule has 1 N–H and O–H groups in total. The number of amides is 1. The zero-order valence-electron chi connectivity index (χ0n) is 19.2. The molecule has 0 saturated heterocycles. The fourth-order valence-corrected chi connectivity index (χ4v) is 4.22. The number of nitro groups is 1. The van der Waals surface area contributed by atoms with E-state index in [4.69, 9.17) is 0 Å². The third kappa shape index (κ3) is 6.17. The van der Waals surface area contributed by atoms with Gasteiger partial charge >= 0.3 is 0 Å². The molecular weight excluding hydrogens is 490 g/mol. The molecule has 0 bridgehead atoms. The first-order valence-electron chi connectivity index (χ1n) is 10.9. The van der Waals surface area contributed by atoms with E-state index in [-0.39, 0.29) is 17.0 Å². The summed E-state index contributed by atoms with van der Waals surface area (Å²) in [6.07, 6.45) is 1.06. The van der Waals surface area contributed by atoms with Gasteiger partial charge in [0.1, 0.15) is 11.1 Å². The smallest absolute Gasteiger partial charge is 0.270 e. The number of hydrogen-bond acceptors (Lipinski definition) is 8. The molecule has 4 aromatic rings. The number of nitrogens with one attached hydrogen (secondary N) is 1. The van der Waals surface area contributed by atoms with E-state index in [1.54, 1.807) is 0 Å². The van der Waals surface area contributed by atoms with Crippen molar-refractivity contribution < 1.29 is 14.8 Å². The molecule has 182 valence electrons. The van der Waals surface area contributed by atoms with E-state index >= 15 is 0 Å². The molecule has 0 atom stereocenters. The summed E-state index contributed by atoms with van der Waals surface area (Å²) >= 11 is 1.08. The second kappa shape index (κ2) is 11.6. The second-order valence-electron chi connectivity index (χ2n) is 7.64. The quantitative estimate of drug-likeness (QED) is 0.159. The summed E-state index contributed by atoms with van der Waals surface area (Å²) in [6, 6.07) is 26.3. The molecule has 0 spiro atoms. The summed E-state index contributed by atoms with van der Waals surface area (Å²) in [6.45, 7) is 0. The molecule has 0 aliphatic rings. The third-order valence-corrected chi connectivity index (χ3v) is 6.16. The first-order valence-corrected chi connectivity index (χ1v) is 11.9. The predicted molar refractivity (Wildman–Crippen MR) is 139 cm³/mol. The van der Waals surface area contributed by atoms with Crippen molar-refractivity contribution in [1.82, 2.24) is 10.4 Å². The van der Waals surface area contributed by atoms with E-state index in [1.807, 2.05) is 66.7 Å². The SMILES string of the molecule is N#Cc1c(-c2ccccc2)cc(-c2ccccc2)nc1SCC(=O)N/N=C\c1cc([N+](=O)[O-])ccc1[O-]. The Morgan fingerprint density at radius 2 is 1.73 bits per heavy atom. The first kappa shape index (κ1) is 25.1. The van der Waals surface area contributed by atoms with Crippen molar-refractivity contribution in [3.05, 3.63) is 106 Å². The minimum atomic E-state index is -0.626. The number of pyridine rings is 1. The molecule has 1 amide bonds. The summed E-state index contributed by atoms with van der Waals surface area (Å²) in [5.41, 5.74) is 5.43. The van der Waals surface area contributed by atoms with Crippen molar-refractivity contribution >= 4 is 29.6 Å². The Kier molecular flexibility index (Phi) is 7.88. The van der Waals surface area contributed by atoms with Crippen LogP contribution in [-0.4, -0.2) is 27.8 Å². The van der Waals surface area contributed by atoms with Gasteiger partial charge in [0.25, 0.3) is 5.69 Å². The van der Waals surface area contributed by atoms with E-state index < -0.39 is 16.6 Å². The molecule has 4 rings (SSSR count). The summed E-state index contributed by atoms with van der Waals surface area (Å²) in [7, 11) is 0. The molecule has 37 heavy (non-hydrogen) atoms. The van der Waals surface area contributed by atoms with Crippen LogP contribution in [-0.2, 0) is 4.79 Å². The van der Waals surface area contributed by atoms with Gasteiger partial charge in [-0.2, -0.15) is 10.4 Å². The van der Waals surface area contributed by atoms with Gasteiger partial charge in [0.05, 0.1) is 28.1 Å². The minimum absolute atomic E-state index is 0.0290. The van der Waals surface area contributed by atoms with E-state index in [0.717, 1.165) is 47.3 Å². The van der Waals surface area contributed by atoms with Crippen LogP contribution < -0.4 is 10.5 Å². The maximum Gasteiger partial charge on any atom is 0.270 e. The van der Waals surface area contributed by atoms with E-state index in [0.29, 0.717) is 21.8 Å². The average molecular weight is 509 g/mol. The van der Waals surface area contributed by atoms with Crippen molar-refractivity contribution in [2.75, 3.05) is 5.75 Å². The molecule has 1 aromatic heterocycles. The highest BCUT2D eigenvalue weighted by Crippen LogP contribution is 2.34. The lowest BCUT2D eigenvalue weighted by Crippen LogP contribution is -2.20. The number of hydrazone groups is 1. The van der Waals surface area contributed by atoms with Crippen LogP contribution in [0.15, 0.2) is 95.1 Å². The Hall–Kier alpha value is -5.01. The largest absolute Gasteiger partial charge is 0.872 e. The topological polar surface area (TPSA) is 144 Å². The lowest BCUT2D eigenvalue weighted by molar-refractivity contribution is -0.385. The molecule has 0 aliphatic heterocycles. The van der Waals surface area contributed by atoms with Crippen LogP contribution in [0.3, 0.4) is 0 Å². The molecule has 0 aliphatic carbocycles. The van der Waals surface area contributed by atoms with Gasteiger partial charge in [0, 0.05) is 23.3 Å². The maximum absolute atomic E-state index is 12.4. The highest BCUT2D eigenvalue weighted by atomic mass is 32.2. The van der Waals surface area contributed by atoms with Crippen molar-refractivity contribution in [3.8, 4) is 34.2 Å². The van der Waals surface area contributed by atoms with Gasteiger partial charge in [-0.15, -0.1) is 0 Å². The monoisotopic (exact) mass is 508 g/mol. The standard InChI is InChI=1S/C27H19N5O4S/c28-15-23-22(18-7-3-1-4-8-18)14-24(19-9-5-2-6-10-19)30-27(23)37-17-26(34)31-29-16-20-13-21(32(35)36)11-12-25(20)33/h1-14,16,33H,17H2,(H,31,34)/p-1/b29-16-. The lowest BCUT2D eigenvalue weighted by Gasteiger charge is -2.12. The molecule has 0 radical (unpaired) electrons. The summed E-state index contributed by atoms with van der Waals surface area (Å²) in [5.74, 6) is -1.08. The maximum atomic E-state index is 12.4. The van der Waals surface area contributed by atoms with Gasteiger partial charge in [0.2, 0.25) is 5.91 Å². The molecule has 1 heterocycles. The van der Waals surface area contributed by atoms with Crippen LogP contribution in [0.25, 0.3) is 22.4 Å². The fourth-order valence-electron chi connectivity index (χ4n) is 3.43. The minimum Gasteiger partial charge on any atom is -0.872 e. The Morgan fingerprint density at radius 1 is 1.05 bits per heavy atom. The van der Waals surface area contributed by atoms with Crippen LogP contribution >= 0.6 is 11.8 Å². The lowest BCUT2D eigenvalue weighted by atomic mass is 9.99. The second-order valence-corrected chi connectivity index (χ2v) is 8.60. The highest BCUT2D eigenvalue weighted by Gasteiger charge is 2.17. The molecule has 0 unspecified atom stereocenters. The Morgan fingerprint density at radius 3 is 2.38 bits per heavy atom. The average Bonchev–Trinajstić information content (AvgIpc) is 2.93. The van der Waals surface area contributed by atoms with E-state index in [2.05, 4.69) is 21.6 Å². The number of non-ortho nitro benzene ring substituents is 1. The van der Waals surface area contributed by atoms with Crippen LogP contribution in [0.5, 0.6) is 5.75 Å². The van der Waals surface area contributed by atoms with Gasteiger partial charge in [-0.3, -0.25) is 14.9 Å². The number of nitriles is 1. The first-order chi connectivity index (χ1) is 18.0. The van der Waals surface area contributed by atoms with Crippen LogP contribution in [0.1, 0.15) is 11.1 Å². The Labute approximate surface area is 216 Å². The highest BCUT2D eigenvalue weighted by molar-refractivity contribution is 8.00. The molecule has 0 saturated carbocycles. The number of nitrogens with zero attached hydrogens (tertiary/aromatic N) is 4. The normalized spacial score (nSPS) is 10.7.